The Bertz CT molecular complexity index is 1500. The molecule has 39 heavy (non-hydrogen) atoms. The Kier molecular flexibility index (Phi) is 7.06. The van der Waals surface area contributed by atoms with Crippen LogP contribution in [0.15, 0.2) is 54.9 Å². The average Bonchev–Trinajstić information content (AvgIpc) is 3.43. The van der Waals surface area contributed by atoms with E-state index in [1.54, 1.807) is 12.1 Å². The van der Waals surface area contributed by atoms with Gasteiger partial charge in [0, 0.05) is 30.0 Å². The number of nitrogens with two attached hydrogens (primary N) is 1. The molecule has 2 aromatic heterocycles. The Labute approximate surface area is 227 Å². The van der Waals surface area contributed by atoms with Crippen molar-refractivity contribution in [3.8, 4) is 0 Å². The van der Waals surface area contributed by atoms with Gasteiger partial charge < -0.3 is 16.0 Å². The molecule has 1 unspecified atom stereocenters. The molecule has 0 spiro atoms. The molecular weight excluding hydrogens is 490 g/mol. The number of ketones is 1. The monoisotopic (exact) mass is 523 g/mol. The van der Waals surface area contributed by atoms with E-state index in [1.165, 1.54) is 19.2 Å². The van der Waals surface area contributed by atoms with Gasteiger partial charge in [0.05, 0.1) is 17.1 Å². The van der Waals surface area contributed by atoms with Gasteiger partial charge in [-0.25, -0.2) is 9.97 Å². The van der Waals surface area contributed by atoms with Gasteiger partial charge in [-0.2, -0.15) is 5.10 Å². The van der Waals surface area contributed by atoms with E-state index in [9.17, 15) is 9.59 Å². The summed E-state index contributed by atoms with van der Waals surface area (Å²) < 4.78 is 0. The van der Waals surface area contributed by atoms with Crippen LogP contribution in [0.5, 0.6) is 0 Å². The van der Waals surface area contributed by atoms with E-state index in [4.69, 9.17) is 5.73 Å². The second-order valence-electron chi connectivity index (χ2n) is 10.7. The highest BCUT2D eigenvalue weighted by Gasteiger charge is 2.26. The van der Waals surface area contributed by atoms with Crippen LogP contribution in [0.2, 0.25) is 0 Å². The Morgan fingerprint density at radius 1 is 1.08 bits per heavy atom. The molecule has 200 valence electrons. The van der Waals surface area contributed by atoms with E-state index in [1.807, 2.05) is 24.3 Å². The van der Waals surface area contributed by atoms with Crippen molar-refractivity contribution in [2.24, 2.45) is 5.73 Å². The summed E-state index contributed by atoms with van der Waals surface area (Å²) in [5.74, 6) is 0.675. The molecule has 1 amide bonds. The normalized spacial score (nSPS) is 16.4. The first-order valence-electron chi connectivity index (χ1n) is 13.7. The summed E-state index contributed by atoms with van der Waals surface area (Å²) in [6, 6.07) is 15.4. The molecule has 4 N–H and O–H groups in total. The molecule has 1 aliphatic heterocycles. The number of nitrogens with one attached hydrogen (secondary N) is 2. The van der Waals surface area contributed by atoms with E-state index in [0.717, 1.165) is 61.1 Å². The number of primary amides is 1. The summed E-state index contributed by atoms with van der Waals surface area (Å²) in [6.07, 6.45) is 7.41. The number of H-pyrrole nitrogens is 1. The first-order valence-corrected chi connectivity index (χ1v) is 13.7. The zero-order chi connectivity index (χ0) is 26.8. The molecule has 9 heteroatoms. The summed E-state index contributed by atoms with van der Waals surface area (Å²) in [5, 5.41) is 11.7. The van der Waals surface area contributed by atoms with Crippen molar-refractivity contribution in [3.63, 3.8) is 0 Å². The van der Waals surface area contributed by atoms with Gasteiger partial charge in [-0.3, -0.25) is 14.7 Å². The molecule has 3 heterocycles. The summed E-state index contributed by atoms with van der Waals surface area (Å²) in [7, 11) is 0. The number of carbonyl (C=O) groups is 2. The Hall–Kier alpha value is -4.11. The van der Waals surface area contributed by atoms with E-state index in [2.05, 4.69) is 42.5 Å². The third-order valence-electron chi connectivity index (χ3n) is 7.79. The number of aromatic nitrogens is 4. The van der Waals surface area contributed by atoms with E-state index in [-0.39, 0.29) is 11.8 Å². The highest BCUT2D eigenvalue weighted by atomic mass is 16.1. The van der Waals surface area contributed by atoms with Crippen LogP contribution in [0.1, 0.15) is 81.7 Å². The molecule has 1 saturated carbocycles. The molecule has 2 aliphatic rings. The van der Waals surface area contributed by atoms with Gasteiger partial charge in [-0.1, -0.05) is 30.3 Å². The fourth-order valence-electron chi connectivity index (χ4n) is 5.49. The quantitative estimate of drug-likeness (QED) is 0.249. The van der Waals surface area contributed by atoms with E-state index < -0.39 is 5.91 Å². The van der Waals surface area contributed by atoms with Crippen LogP contribution in [0.4, 0.5) is 5.82 Å². The molecular formula is C30H33N7O2. The zero-order valence-electron chi connectivity index (χ0n) is 21.9. The van der Waals surface area contributed by atoms with Crippen molar-refractivity contribution < 1.29 is 9.59 Å². The lowest BCUT2D eigenvalue weighted by atomic mass is 9.98. The standard InChI is InChI=1S/C30H33N7O2/c31-29(39)22-7-4-8-23-28(22)32-18-33-30(23)34-24(11-14-37-12-1-2-13-37)21-6-3-5-19(15-21)16-27(38)26-17-25(35-36-26)20-9-10-20/h3-8,15,17-18,20,24H,1-2,9-14,16H2,(H2,31,39)(H,35,36)(H,32,33,34). The zero-order valence-corrected chi connectivity index (χ0v) is 21.9. The molecule has 1 saturated heterocycles. The lowest BCUT2D eigenvalue weighted by Gasteiger charge is -2.24. The number of fused-ring (bicyclic) bond motifs is 1. The lowest BCUT2D eigenvalue weighted by molar-refractivity contribution is 0.0984. The smallest absolute Gasteiger partial charge is 0.250 e. The van der Waals surface area contributed by atoms with Crippen LogP contribution in [0, 0.1) is 0 Å². The predicted molar refractivity (Wildman–Crippen MR) is 150 cm³/mol. The van der Waals surface area contributed by atoms with Gasteiger partial charge in [0.1, 0.15) is 17.8 Å². The minimum atomic E-state index is -0.519. The van der Waals surface area contributed by atoms with Crippen LogP contribution in [0.3, 0.4) is 0 Å². The number of anilines is 1. The first-order chi connectivity index (χ1) is 19.0. The van der Waals surface area contributed by atoms with Crippen molar-refractivity contribution in [3.05, 3.63) is 82.9 Å². The number of amides is 1. The highest BCUT2D eigenvalue weighted by Crippen LogP contribution is 2.39. The van der Waals surface area contributed by atoms with Gasteiger partial charge in [0.2, 0.25) is 0 Å². The number of para-hydroxylation sites is 1. The largest absolute Gasteiger partial charge is 0.366 e. The number of nitrogens with zero attached hydrogens (tertiary/aromatic N) is 4. The fraction of sp³-hybridized carbons (Fsp3) is 0.367. The average molecular weight is 524 g/mol. The molecule has 4 aromatic rings. The van der Waals surface area contributed by atoms with Crippen molar-refractivity contribution in [1.29, 1.82) is 0 Å². The molecule has 9 nitrogen and oxygen atoms in total. The fourth-order valence-corrected chi connectivity index (χ4v) is 5.49. The van der Waals surface area contributed by atoms with Crippen LogP contribution >= 0.6 is 0 Å². The number of hydrogen-bond donors (Lipinski definition) is 3. The third kappa shape index (κ3) is 5.68. The number of likely N-dealkylation sites (tertiary alicyclic amines) is 1. The van der Waals surface area contributed by atoms with Gasteiger partial charge in [0.25, 0.3) is 5.91 Å². The maximum Gasteiger partial charge on any atom is 0.250 e. The highest BCUT2D eigenvalue weighted by molar-refractivity contribution is 6.06. The number of aromatic amines is 1. The summed E-state index contributed by atoms with van der Waals surface area (Å²) in [4.78, 5) is 36.4. The molecule has 1 aliphatic carbocycles. The molecule has 0 bridgehead atoms. The van der Waals surface area contributed by atoms with Gasteiger partial charge in [0.15, 0.2) is 5.78 Å². The number of Topliss-reactive ketones (excluding diaryl/α,β-unsaturated/α-hetero) is 1. The number of rotatable bonds is 11. The Morgan fingerprint density at radius 3 is 2.69 bits per heavy atom. The van der Waals surface area contributed by atoms with Crippen molar-refractivity contribution in [1.82, 2.24) is 25.1 Å². The van der Waals surface area contributed by atoms with Crippen molar-refractivity contribution >= 4 is 28.4 Å². The minimum absolute atomic E-state index is 0.0117. The lowest BCUT2D eigenvalue weighted by Crippen LogP contribution is -2.24. The maximum atomic E-state index is 13.0. The number of carbonyl (C=O) groups excluding carboxylic acids is 2. The second kappa shape index (κ2) is 10.9. The SMILES string of the molecule is NC(=O)c1cccc2c(NC(CCN3CCCC3)c3cccc(CC(=O)c4cc(C5CC5)[nH]n4)c3)ncnc12. The second-order valence-corrected chi connectivity index (χ2v) is 10.7. The Morgan fingerprint density at radius 2 is 1.90 bits per heavy atom. The predicted octanol–water partition coefficient (Wildman–Crippen LogP) is 4.39. The van der Waals surface area contributed by atoms with E-state index in [0.29, 0.717) is 34.9 Å². The maximum absolute atomic E-state index is 13.0. The molecule has 1 atom stereocenters. The van der Waals surface area contributed by atoms with Crippen molar-refractivity contribution in [2.45, 2.75) is 50.5 Å². The topological polar surface area (TPSA) is 130 Å². The number of benzene rings is 2. The third-order valence-corrected chi connectivity index (χ3v) is 7.79. The van der Waals surface area contributed by atoms with Crippen LogP contribution in [-0.4, -0.2) is 56.4 Å². The Balaban J connectivity index is 1.26. The summed E-state index contributed by atoms with van der Waals surface area (Å²) in [6.45, 7) is 3.19. The summed E-state index contributed by atoms with van der Waals surface area (Å²) >= 11 is 0. The van der Waals surface area contributed by atoms with Gasteiger partial charge in [-0.15, -0.1) is 0 Å². The molecule has 0 radical (unpaired) electrons. The first kappa shape index (κ1) is 25.2. The van der Waals surface area contributed by atoms with E-state index >= 15 is 0 Å². The van der Waals surface area contributed by atoms with Crippen molar-refractivity contribution in [2.75, 3.05) is 25.0 Å². The minimum Gasteiger partial charge on any atom is -0.366 e. The number of hydrogen-bond acceptors (Lipinski definition) is 7. The van der Waals surface area contributed by atoms with Gasteiger partial charge in [-0.05, 0) is 74.5 Å². The van der Waals surface area contributed by atoms with Gasteiger partial charge >= 0.3 is 0 Å². The van der Waals surface area contributed by atoms with Crippen LogP contribution in [-0.2, 0) is 6.42 Å². The molecule has 2 aromatic carbocycles. The van der Waals surface area contributed by atoms with Crippen LogP contribution in [0.25, 0.3) is 10.9 Å². The summed E-state index contributed by atoms with van der Waals surface area (Å²) in [5.41, 5.74) is 10.1. The van der Waals surface area contributed by atoms with Crippen LogP contribution < -0.4 is 11.1 Å². The molecule has 2 fully saturated rings. The molecule has 6 rings (SSSR count).